The van der Waals surface area contributed by atoms with Gasteiger partial charge < -0.3 is 125 Å². The van der Waals surface area contributed by atoms with E-state index < -0.39 is 203 Å². The van der Waals surface area contributed by atoms with Crippen LogP contribution >= 0.6 is 0 Å². The van der Waals surface area contributed by atoms with E-state index in [1.165, 1.54) is 0 Å². The Balaban J connectivity index is 1.72. The van der Waals surface area contributed by atoms with Gasteiger partial charge in [0.25, 0.3) is 11.6 Å². The van der Waals surface area contributed by atoms with Gasteiger partial charge in [0, 0.05) is 33.6 Å². The summed E-state index contributed by atoms with van der Waals surface area (Å²) in [7, 11) is 0. The van der Waals surface area contributed by atoms with E-state index in [-0.39, 0.29) is 0 Å². The van der Waals surface area contributed by atoms with Crippen molar-refractivity contribution in [1.29, 1.82) is 0 Å². The summed E-state index contributed by atoms with van der Waals surface area (Å²) < 4.78 is 48.5. The topological polar surface area (TPSA) is 490 Å². The third-order valence-electron chi connectivity index (χ3n) is 11.2. The molecule has 0 aromatic heterocycles. The highest BCUT2D eigenvalue weighted by molar-refractivity contribution is 5.77. The highest BCUT2D eigenvalue weighted by atomic mass is 16.8. The van der Waals surface area contributed by atoms with Crippen LogP contribution < -0.4 is 11.1 Å². The second-order valence-electron chi connectivity index (χ2n) is 16.0. The molecule has 4 rings (SSSR count). The van der Waals surface area contributed by atoms with Crippen molar-refractivity contribution in [1.82, 2.24) is 5.32 Å². The third-order valence-corrected chi connectivity index (χ3v) is 11.2. The van der Waals surface area contributed by atoms with Gasteiger partial charge in [-0.05, 0) is 0 Å². The van der Waals surface area contributed by atoms with Crippen molar-refractivity contribution in [3.8, 4) is 0 Å². The monoisotopic (exact) mass is 966 g/mol. The summed E-state index contributed by atoms with van der Waals surface area (Å²) in [6, 6.07) is -3.58. The van der Waals surface area contributed by atoms with Crippen molar-refractivity contribution >= 4 is 29.8 Å². The Morgan fingerprint density at radius 3 is 1.86 bits per heavy atom. The van der Waals surface area contributed by atoms with Crippen LogP contribution in [-0.2, 0) is 66.6 Å². The summed E-state index contributed by atoms with van der Waals surface area (Å²) in [6.45, 7) is -1.63. The number of rotatable bonds is 19. The number of carboxylic acids is 2. The first kappa shape index (κ1) is 55.1. The first-order valence-electron chi connectivity index (χ1n) is 20.2. The summed E-state index contributed by atoms with van der Waals surface area (Å²) in [5.74, 6) is -13.8. The van der Waals surface area contributed by atoms with E-state index in [0.29, 0.717) is 0 Å². The number of hydrogen-bond donors (Lipinski definition) is 16. The van der Waals surface area contributed by atoms with E-state index in [4.69, 9.17) is 48.4 Å². The smallest absolute Gasteiger partial charge is 0.364 e. The number of hydrogen-bond acceptors (Lipinski definition) is 27. The standard InChI is InChI=1S/C36H58N2O28/c1-10(42)38-20-14(46)5-36(34(56)57,66-30-21(48)16(6-39)61-32(25(30)52)62-27-18(8-41)60-31(53)24(51)23(27)50)65-29(20)22(49)17(7-40)63-35(33(54)55)4-13(45)19(37)28(64-35)26(59-12(3)44)15(47)9-58-11(2)43/h13-32,39-41,45-53H,4-9,37H2,1-3H3,(H,38,42)(H,54,55)(H,56,57)/t13-,14-,15+,16+,17+,18+,19+,20+,21-,22+,23+,24+,25+,26+,27+,28+,29+,30-,31+,32-,35+,36-/m0/s1. The van der Waals surface area contributed by atoms with E-state index >= 15 is 0 Å². The second-order valence-corrected chi connectivity index (χ2v) is 16.0. The molecule has 380 valence electrons. The molecular formula is C36H58N2O28. The van der Waals surface area contributed by atoms with Gasteiger partial charge in [0.15, 0.2) is 18.7 Å². The number of carboxylic acid groups (broad SMARTS) is 2. The van der Waals surface area contributed by atoms with Crippen LogP contribution in [0.25, 0.3) is 0 Å². The lowest BCUT2D eigenvalue weighted by Gasteiger charge is -2.51. The average Bonchev–Trinajstić information content (AvgIpc) is 3.24. The van der Waals surface area contributed by atoms with Crippen molar-refractivity contribution in [3.63, 3.8) is 0 Å². The van der Waals surface area contributed by atoms with Crippen molar-refractivity contribution in [2.75, 3.05) is 26.4 Å². The largest absolute Gasteiger partial charge is 0.477 e. The maximum atomic E-state index is 13.2. The molecule has 0 radical (unpaired) electrons. The van der Waals surface area contributed by atoms with Crippen LogP contribution in [0.1, 0.15) is 33.6 Å². The molecule has 4 heterocycles. The maximum absolute atomic E-state index is 13.2. The lowest BCUT2D eigenvalue weighted by molar-refractivity contribution is -0.387. The highest BCUT2D eigenvalue weighted by Gasteiger charge is 2.62. The lowest BCUT2D eigenvalue weighted by atomic mass is 9.87. The number of aliphatic hydroxyl groups excluding tert-OH is 12. The normalized spacial score (nSPS) is 41.4. The molecule has 22 atom stereocenters. The van der Waals surface area contributed by atoms with Gasteiger partial charge in [-0.3, -0.25) is 14.4 Å². The first-order valence-corrected chi connectivity index (χ1v) is 20.2. The fourth-order valence-electron chi connectivity index (χ4n) is 7.89. The number of carbonyl (C=O) groups is 5. The van der Waals surface area contributed by atoms with Crippen LogP contribution in [0, 0.1) is 0 Å². The van der Waals surface area contributed by atoms with Gasteiger partial charge in [0.05, 0.1) is 44.1 Å². The zero-order chi connectivity index (χ0) is 49.7. The molecule has 4 fully saturated rings. The minimum Gasteiger partial charge on any atom is -0.477 e. The molecule has 66 heavy (non-hydrogen) atoms. The van der Waals surface area contributed by atoms with Gasteiger partial charge in [-0.1, -0.05) is 0 Å². The number of aliphatic carboxylic acids is 2. The quantitative estimate of drug-likeness (QED) is 0.0535. The zero-order valence-corrected chi connectivity index (χ0v) is 35.3. The van der Waals surface area contributed by atoms with Crippen molar-refractivity contribution in [3.05, 3.63) is 0 Å². The average molecular weight is 967 g/mol. The van der Waals surface area contributed by atoms with Gasteiger partial charge in [-0.25, -0.2) is 9.59 Å². The Bertz CT molecular complexity index is 1680. The molecule has 0 spiro atoms. The Kier molecular flexibility index (Phi) is 19.0. The fourth-order valence-corrected chi connectivity index (χ4v) is 7.89. The predicted molar refractivity (Wildman–Crippen MR) is 201 cm³/mol. The number of carbonyl (C=O) groups excluding carboxylic acids is 3. The SMILES string of the molecule is CC(=O)N[C@H]1[C@H]([C@H](O)[C@@H](CO)O[C@]2(C(=O)O)C[C@H](O)[C@@H](N)[C@H]([C@H](OC(C)=O)[C@H](O)COC(C)=O)O2)O[C@@](O[C@H]2[C@@H](O)[C@@H](CO)O[C@@H](O[C@H]3[C@H](O)[C@@H](O)[C@H](O)O[C@@H]3CO)[C@@H]2O)(C(=O)O)C[C@@H]1O. The molecule has 0 saturated carbocycles. The molecule has 4 aliphatic heterocycles. The van der Waals surface area contributed by atoms with Crippen LogP contribution in [0.4, 0.5) is 0 Å². The Morgan fingerprint density at radius 1 is 0.742 bits per heavy atom. The molecule has 17 N–H and O–H groups in total. The molecule has 30 heteroatoms. The third kappa shape index (κ3) is 12.0. The number of nitrogens with two attached hydrogens (primary N) is 1. The predicted octanol–water partition coefficient (Wildman–Crippen LogP) is -10.1. The van der Waals surface area contributed by atoms with Crippen LogP contribution in [0.5, 0.6) is 0 Å². The molecule has 0 unspecified atom stereocenters. The summed E-state index contributed by atoms with van der Waals surface area (Å²) in [4.78, 5) is 62.1. The van der Waals surface area contributed by atoms with Gasteiger partial charge in [0.2, 0.25) is 5.91 Å². The molecule has 0 aromatic carbocycles. The number of amides is 1. The summed E-state index contributed by atoms with van der Waals surface area (Å²) in [5.41, 5.74) is 6.09. The summed E-state index contributed by atoms with van der Waals surface area (Å²) in [5, 5.41) is 152. The number of aliphatic hydroxyl groups is 12. The first-order chi connectivity index (χ1) is 30.8. The molecule has 30 nitrogen and oxygen atoms in total. The molecule has 0 bridgehead atoms. The number of esters is 2. The van der Waals surface area contributed by atoms with E-state index in [1.54, 1.807) is 0 Å². The maximum Gasteiger partial charge on any atom is 0.364 e. The van der Waals surface area contributed by atoms with Crippen molar-refractivity contribution in [2.45, 2.75) is 168 Å². The Labute approximate surface area is 372 Å². The van der Waals surface area contributed by atoms with Gasteiger partial charge in [-0.15, -0.1) is 0 Å². The van der Waals surface area contributed by atoms with Gasteiger partial charge in [-0.2, -0.15) is 0 Å². The van der Waals surface area contributed by atoms with E-state index in [2.05, 4.69) is 5.32 Å². The van der Waals surface area contributed by atoms with E-state index in [1.807, 2.05) is 0 Å². The highest BCUT2D eigenvalue weighted by Crippen LogP contribution is 2.40. The molecule has 0 aromatic rings. The number of ether oxygens (including phenoxy) is 9. The van der Waals surface area contributed by atoms with Crippen LogP contribution in [0.3, 0.4) is 0 Å². The molecule has 1 amide bonds. The fraction of sp³-hybridized carbons (Fsp3) is 0.861. The van der Waals surface area contributed by atoms with Gasteiger partial charge >= 0.3 is 23.9 Å². The van der Waals surface area contributed by atoms with E-state index in [0.717, 1.165) is 20.8 Å². The molecule has 4 saturated heterocycles. The van der Waals surface area contributed by atoms with Gasteiger partial charge in [0.1, 0.15) is 86.0 Å². The number of nitrogens with one attached hydrogen (secondary N) is 1. The molecule has 4 aliphatic rings. The molecular weight excluding hydrogens is 908 g/mol. The molecule has 0 aliphatic carbocycles. The van der Waals surface area contributed by atoms with Crippen molar-refractivity contribution < 1.29 is 138 Å². The van der Waals surface area contributed by atoms with E-state index in [9.17, 15) is 95.5 Å². The van der Waals surface area contributed by atoms with Crippen molar-refractivity contribution in [2.24, 2.45) is 5.73 Å². The Hall–Kier alpha value is -3.45. The van der Waals surface area contributed by atoms with Crippen LogP contribution in [-0.4, -0.2) is 262 Å². The second kappa shape index (κ2) is 22.8. The minimum absolute atomic E-state index is 0.866. The minimum atomic E-state index is -3.34. The summed E-state index contributed by atoms with van der Waals surface area (Å²) >= 11 is 0. The summed E-state index contributed by atoms with van der Waals surface area (Å²) in [6.07, 6.45) is -40.3. The van der Waals surface area contributed by atoms with Crippen LogP contribution in [0.2, 0.25) is 0 Å². The Morgan fingerprint density at radius 2 is 1.33 bits per heavy atom. The van der Waals surface area contributed by atoms with Crippen LogP contribution in [0.15, 0.2) is 0 Å². The zero-order valence-electron chi connectivity index (χ0n) is 35.3. The lowest BCUT2D eigenvalue weighted by Crippen LogP contribution is -2.71.